The molecule has 1 aliphatic heterocycles. The molecule has 140 valence electrons. The predicted molar refractivity (Wildman–Crippen MR) is 113 cm³/mol. The van der Waals surface area contributed by atoms with Crippen molar-refractivity contribution in [2.45, 2.75) is 37.4 Å². The van der Waals surface area contributed by atoms with Crippen molar-refractivity contribution in [2.75, 3.05) is 20.0 Å². The normalized spacial score (nSPS) is 27.8. The van der Waals surface area contributed by atoms with Crippen molar-refractivity contribution in [3.63, 3.8) is 0 Å². The molecular weight excluding hydrogens is 417 g/mol. The summed E-state index contributed by atoms with van der Waals surface area (Å²) < 4.78 is 2.60. The summed E-state index contributed by atoms with van der Waals surface area (Å²) in [5.74, 6) is 1.45. The van der Waals surface area contributed by atoms with Crippen LogP contribution in [0.25, 0.3) is 16.7 Å². The van der Waals surface area contributed by atoms with E-state index in [0.717, 1.165) is 30.7 Å². The van der Waals surface area contributed by atoms with Gasteiger partial charge < -0.3 is 22.6 Å². The van der Waals surface area contributed by atoms with E-state index in [0.29, 0.717) is 6.67 Å². The number of fused-ring (bicyclic) bond motifs is 3. The van der Waals surface area contributed by atoms with Crippen molar-refractivity contribution >= 4 is 32.9 Å². The van der Waals surface area contributed by atoms with Gasteiger partial charge in [-0.2, -0.15) is 0 Å². The third-order valence-electron chi connectivity index (χ3n) is 6.08. The molecule has 3 atom stereocenters. The number of nitrogens with zero attached hydrogens (tertiary/aromatic N) is 3. The van der Waals surface area contributed by atoms with Crippen molar-refractivity contribution in [2.24, 2.45) is 5.92 Å². The van der Waals surface area contributed by atoms with E-state index >= 15 is 0 Å². The first-order valence-electron chi connectivity index (χ1n) is 8.84. The number of hydrogen-bond donors (Lipinski definition) is 0. The second-order valence-electron chi connectivity index (χ2n) is 7.49. The van der Waals surface area contributed by atoms with Crippen LogP contribution in [0.2, 0.25) is 18.6 Å². The Kier molecular flexibility index (Phi) is 8.90. The molecule has 4 rings (SSSR count). The van der Waals surface area contributed by atoms with E-state index in [1.165, 1.54) is 18.4 Å². The van der Waals surface area contributed by atoms with Crippen LogP contribution in [0, 0.1) is 13.3 Å². The zero-order chi connectivity index (χ0) is 17.9. The Morgan fingerprint density at radius 1 is 1.12 bits per heavy atom. The van der Waals surface area contributed by atoms with E-state index < -0.39 is 25.3 Å². The van der Waals surface area contributed by atoms with Crippen molar-refractivity contribution < 1.29 is 17.0 Å². The van der Waals surface area contributed by atoms with Crippen LogP contribution in [0.1, 0.15) is 29.9 Å². The zero-order valence-corrected chi connectivity index (χ0v) is 19.9. The Balaban J connectivity index is 0.000000570. The minimum atomic E-state index is -1.50. The van der Waals surface area contributed by atoms with E-state index in [4.69, 9.17) is 18.6 Å². The van der Waals surface area contributed by atoms with Gasteiger partial charge in [-0.15, -0.1) is 13.3 Å². The standard InChI is InChI=1S/C18H25N3Si.CH3.2ClH.Ti/c1-22(2,21-12-19-11-20-13-21)18-10-9-16-15-6-4-3-5-14(15)7-8-17(16)18;;;;/h3-8,16-18H,9-13H2,1-2H3;1H3;2*1H;/q-2;-1;;;+6/p-2. The number of hydrogen-bond acceptors (Lipinski definition) is 1. The molecule has 0 spiro atoms. The molecule has 0 N–H and O–H groups in total. The molecule has 1 aromatic carbocycles. The molecular formula is C19H28Cl2N3SiTi+. The molecule has 3 unspecified atom stereocenters. The summed E-state index contributed by atoms with van der Waals surface area (Å²) in [6.07, 6.45) is 7.58. The van der Waals surface area contributed by atoms with E-state index in [1.807, 2.05) is 0 Å². The minimum absolute atomic E-state index is 0. The quantitative estimate of drug-likeness (QED) is 0.376. The number of rotatable bonds is 2. The van der Waals surface area contributed by atoms with Gasteiger partial charge in [0.2, 0.25) is 0 Å². The average Bonchev–Trinajstić information content (AvgIpc) is 3.08. The van der Waals surface area contributed by atoms with Gasteiger partial charge in [-0.25, -0.2) is 0 Å². The predicted octanol–water partition coefficient (Wildman–Crippen LogP) is 6.54. The van der Waals surface area contributed by atoms with Crippen LogP contribution in [0.15, 0.2) is 30.3 Å². The fourth-order valence-corrected chi connectivity index (χ4v) is 8.30. The molecule has 1 heterocycles. The third kappa shape index (κ3) is 4.66. The molecule has 0 bridgehead atoms. The molecule has 2 fully saturated rings. The molecule has 3 aliphatic rings. The van der Waals surface area contributed by atoms with Crippen molar-refractivity contribution in [1.82, 2.24) is 4.57 Å². The van der Waals surface area contributed by atoms with E-state index in [1.54, 1.807) is 5.56 Å². The Morgan fingerprint density at radius 2 is 1.77 bits per heavy atom. The summed E-state index contributed by atoms with van der Waals surface area (Å²) in [6, 6.07) is 8.97. The maximum absolute atomic E-state index is 4.89. The summed E-state index contributed by atoms with van der Waals surface area (Å²) in [7, 11) is 8.27. The van der Waals surface area contributed by atoms with Gasteiger partial charge in [0.15, 0.2) is 0 Å². The topological polar surface area (TPSA) is 31.4 Å². The summed E-state index contributed by atoms with van der Waals surface area (Å²) in [6.45, 7) is 7.56. The molecule has 1 saturated heterocycles. The molecule has 0 amide bonds. The van der Waals surface area contributed by atoms with Crippen LogP contribution in [0.4, 0.5) is 0 Å². The van der Waals surface area contributed by atoms with Crippen molar-refractivity contribution in [1.29, 1.82) is 0 Å². The summed E-state index contributed by atoms with van der Waals surface area (Å²) >= 11 is -0.556. The van der Waals surface area contributed by atoms with Crippen LogP contribution in [-0.4, -0.2) is 32.8 Å². The first-order chi connectivity index (χ1) is 12.1. The van der Waals surface area contributed by atoms with Crippen molar-refractivity contribution in [3.05, 3.63) is 59.5 Å². The van der Waals surface area contributed by atoms with Crippen molar-refractivity contribution in [3.8, 4) is 0 Å². The second-order valence-corrected chi connectivity index (χ2v) is 14.8. The van der Waals surface area contributed by atoms with Gasteiger partial charge >= 0.3 is 35.6 Å². The average molecular weight is 445 g/mol. The Labute approximate surface area is 176 Å². The summed E-state index contributed by atoms with van der Waals surface area (Å²) in [5.41, 5.74) is 3.84. The molecule has 0 radical (unpaired) electrons. The van der Waals surface area contributed by atoms with Crippen LogP contribution >= 0.6 is 18.6 Å². The van der Waals surface area contributed by atoms with Gasteiger partial charge in [-0.05, 0) is 34.9 Å². The van der Waals surface area contributed by atoms with Gasteiger partial charge in [0.1, 0.15) is 8.24 Å². The summed E-state index contributed by atoms with van der Waals surface area (Å²) in [4.78, 5) is 0. The maximum atomic E-state index is 4.89. The Hall–Kier alpha value is 0.351. The van der Waals surface area contributed by atoms with Crippen LogP contribution in [0.5, 0.6) is 0 Å². The first kappa shape index (κ1) is 22.6. The zero-order valence-electron chi connectivity index (χ0n) is 15.8. The van der Waals surface area contributed by atoms with Gasteiger partial charge in [-0.1, -0.05) is 55.9 Å². The first-order valence-corrected chi connectivity index (χ1v) is 16.2. The monoisotopic (exact) mass is 444 g/mol. The number of halogens is 2. The number of allylic oxidation sites excluding steroid dienone is 1. The van der Waals surface area contributed by atoms with Crippen LogP contribution in [-0.2, 0) is 17.0 Å². The molecule has 3 nitrogen and oxygen atoms in total. The Bertz CT molecular complexity index is 608. The van der Waals surface area contributed by atoms with E-state index in [9.17, 15) is 0 Å². The number of benzene rings is 1. The molecule has 26 heavy (non-hydrogen) atoms. The molecule has 0 aromatic heterocycles. The van der Waals surface area contributed by atoms with Gasteiger partial charge in [0.25, 0.3) is 0 Å². The third-order valence-corrected chi connectivity index (χ3v) is 10.5. The fourth-order valence-electron chi connectivity index (χ4n) is 4.74. The molecule has 7 heteroatoms. The van der Waals surface area contributed by atoms with Crippen LogP contribution < -0.4 is 0 Å². The van der Waals surface area contributed by atoms with Gasteiger partial charge in [0.05, 0.1) is 0 Å². The second kappa shape index (κ2) is 10.2. The van der Waals surface area contributed by atoms with Gasteiger partial charge in [-0.3, -0.25) is 6.67 Å². The van der Waals surface area contributed by atoms with Gasteiger partial charge in [0, 0.05) is 0 Å². The van der Waals surface area contributed by atoms with E-state index in [-0.39, 0.29) is 7.43 Å². The van der Waals surface area contributed by atoms with Crippen LogP contribution in [0.3, 0.4) is 0 Å². The molecule has 1 saturated carbocycles. The Morgan fingerprint density at radius 3 is 2.46 bits per heavy atom. The summed E-state index contributed by atoms with van der Waals surface area (Å²) in [5, 5.41) is 9.02. The SMILES string of the molecule is C[Si](C)(C1CCC2c3ccccc3C=CC21)N1C[N-]C[N-]C1.[CH3-].[Cl][Ti+4][Cl]. The molecule has 1 aromatic rings. The van der Waals surface area contributed by atoms with E-state index in [2.05, 4.69) is 64.7 Å². The fraction of sp³-hybridized carbons (Fsp3) is 0.526. The molecule has 2 aliphatic carbocycles.